The number of hydrogen-bond acceptors (Lipinski definition) is 3. The van der Waals surface area contributed by atoms with Crippen molar-refractivity contribution in [2.24, 2.45) is 11.8 Å². The standard InChI is InChI=1S/C9H14O3.C2H6/c1-7(11)12-6-9-3-2-8(4-9)5-10;1-2/h2-3,8-10H,4-6H2,1H3;1-2H3/t8-,9+;/m1./s1. The fourth-order valence-electron chi connectivity index (χ4n) is 1.34. The summed E-state index contributed by atoms with van der Waals surface area (Å²) in [6.07, 6.45) is 4.88. The Bertz CT molecular complexity index is 187. The zero-order chi connectivity index (χ0) is 11.0. The highest BCUT2D eigenvalue weighted by atomic mass is 16.5. The molecule has 0 unspecified atom stereocenters. The molecule has 2 atom stereocenters. The molecule has 0 fully saturated rings. The van der Waals surface area contributed by atoms with Gasteiger partial charge in [0.15, 0.2) is 0 Å². The number of ether oxygens (including phenoxy) is 1. The van der Waals surface area contributed by atoms with E-state index in [1.165, 1.54) is 6.92 Å². The highest BCUT2D eigenvalue weighted by molar-refractivity contribution is 5.65. The minimum atomic E-state index is -0.240. The van der Waals surface area contributed by atoms with Gasteiger partial charge in [-0.05, 0) is 6.42 Å². The van der Waals surface area contributed by atoms with Crippen LogP contribution in [0.5, 0.6) is 0 Å². The highest BCUT2D eigenvalue weighted by Crippen LogP contribution is 2.22. The Morgan fingerprint density at radius 2 is 2.00 bits per heavy atom. The first kappa shape index (κ1) is 13.2. The Balaban J connectivity index is 0.000000791. The summed E-state index contributed by atoms with van der Waals surface area (Å²) in [7, 11) is 0. The lowest BCUT2D eigenvalue weighted by atomic mass is 10.1. The lowest BCUT2D eigenvalue weighted by Gasteiger charge is -2.09. The van der Waals surface area contributed by atoms with Crippen molar-refractivity contribution in [1.82, 2.24) is 0 Å². The maximum Gasteiger partial charge on any atom is 0.302 e. The van der Waals surface area contributed by atoms with Crippen LogP contribution in [0.2, 0.25) is 0 Å². The Kier molecular flexibility index (Phi) is 7.11. The summed E-state index contributed by atoms with van der Waals surface area (Å²) in [6, 6.07) is 0. The molecule has 0 saturated heterocycles. The van der Waals surface area contributed by atoms with E-state index in [0.717, 1.165) is 6.42 Å². The average Bonchev–Trinajstić information content (AvgIpc) is 2.65. The molecular weight excluding hydrogens is 180 g/mol. The van der Waals surface area contributed by atoms with Crippen LogP contribution >= 0.6 is 0 Å². The Labute approximate surface area is 85.8 Å². The quantitative estimate of drug-likeness (QED) is 0.558. The third kappa shape index (κ3) is 5.02. The molecule has 1 rings (SSSR count). The summed E-state index contributed by atoms with van der Waals surface area (Å²) < 4.78 is 4.85. The maximum atomic E-state index is 10.5. The van der Waals surface area contributed by atoms with Gasteiger partial charge in [-0.1, -0.05) is 26.0 Å². The molecule has 0 spiro atoms. The van der Waals surface area contributed by atoms with Crippen LogP contribution in [0.3, 0.4) is 0 Å². The van der Waals surface area contributed by atoms with Crippen molar-refractivity contribution in [2.75, 3.05) is 13.2 Å². The molecule has 0 amide bonds. The van der Waals surface area contributed by atoms with Crippen molar-refractivity contribution < 1.29 is 14.6 Å². The van der Waals surface area contributed by atoms with Gasteiger partial charge in [0.05, 0.1) is 6.61 Å². The van der Waals surface area contributed by atoms with E-state index in [2.05, 4.69) is 0 Å². The van der Waals surface area contributed by atoms with Gasteiger partial charge in [0.2, 0.25) is 0 Å². The van der Waals surface area contributed by atoms with Gasteiger partial charge in [-0.15, -0.1) is 0 Å². The van der Waals surface area contributed by atoms with Crippen molar-refractivity contribution in [1.29, 1.82) is 0 Å². The van der Waals surface area contributed by atoms with Gasteiger partial charge in [-0.3, -0.25) is 4.79 Å². The first-order valence-electron chi connectivity index (χ1n) is 5.15. The number of esters is 1. The van der Waals surface area contributed by atoms with Gasteiger partial charge >= 0.3 is 5.97 Å². The molecule has 1 aliphatic rings. The number of hydrogen-bond donors (Lipinski definition) is 1. The second kappa shape index (κ2) is 7.56. The molecule has 0 aromatic rings. The second-order valence-corrected chi connectivity index (χ2v) is 3.13. The predicted octanol–water partition coefficient (Wildman–Crippen LogP) is 1.76. The number of carbonyl (C=O) groups excluding carboxylic acids is 1. The van der Waals surface area contributed by atoms with Crippen molar-refractivity contribution in [3.8, 4) is 0 Å². The molecule has 1 aliphatic carbocycles. The molecule has 14 heavy (non-hydrogen) atoms. The highest BCUT2D eigenvalue weighted by Gasteiger charge is 2.18. The van der Waals surface area contributed by atoms with Gasteiger partial charge in [-0.25, -0.2) is 0 Å². The number of rotatable bonds is 3. The minimum Gasteiger partial charge on any atom is -0.465 e. The van der Waals surface area contributed by atoms with Crippen LogP contribution in [0.4, 0.5) is 0 Å². The summed E-state index contributed by atoms with van der Waals surface area (Å²) in [6.45, 7) is 6.04. The fraction of sp³-hybridized carbons (Fsp3) is 0.727. The molecule has 82 valence electrons. The van der Waals surface area contributed by atoms with E-state index in [4.69, 9.17) is 9.84 Å². The maximum absolute atomic E-state index is 10.5. The molecule has 0 aromatic heterocycles. The molecule has 0 heterocycles. The van der Waals surface area contributed by atoms with E-state index in [9.17, 15) is 4.79 Å². The minimum absolute atomic E-state index is 0.188. The van der Waals surface area contributed by atoms with Crippen LogP contribution < -0.4 is 0 Å². The summed E-state index contributed by atoms with van der Waals surface area (Å²) in [4.78, 5) is 10.5. The summed E-state index contributed by atoms with van der Waals surface area (Å²) in [5.41, 5.74) is 0. The first-order chi connectivity index (χ1) is 6.72. The second-order valence-electron chi connectivity index (χ2n) is 3.13. The van der Waals surface area contributed by atoms with E-state index in [0.29, 0.717) is 12.5 Å². The van der Waals surface area contributed by atoms with Gasteiger partial charge in [0.25, 0.3) is 0 Å². The number of aliphatic hydroxyl groups excluding tert-OH is 1. The largest absolute Gasteiger partial charge is 0.465 e. The third-order valence-electron chi connectivity index (χ3n) is 2.00. The SMILES string of the molecule is CC.CC(=O)OC[C@H]1C=C[C@@H](CO)C1. The van der Waals surface area contributed by atoms with Crippen molar-refractivity contribution in [3.63, 3.8) is 0 Å². The van der Waals surface area contributed by atoms with Crippen molar-refractivity contribution >= 4 is 5.97 Å². The topological polar surface area (TPSA) is 46.5 Å². The van der Waals surface area contributed by atoms with E-state index in [-0.39, 0.29) is 18.5 Å². The lowest BCUT2D eigenvalue weighted by Crippen LogP contribution is -2.10. The summed E-state index contributed by atoms with van der Waals surface area (Å²) >= 11 is 0. The van der Waals surface area contributed by atoms with Crippen molar-refractivity contribution in [3.05, 3.63) is 12.2 Å². The molecular formula is C11H20O3. The molecule has 0 aliphatic heterocycles. The molecule has 0 radical (unpaired) electrons. The molecule has 0 aromatic carbocycles. The Morgan fingerprint density at radius 3 is 2.43 bits per heavy atom. The number of carbonyl (C=O) groups is 1. The van der Waals surface area contributed by atoms with Crippen molar-refractivity contribution in [2.45, 2.75) is 27.2 Å². The monoisotopic (exact) mass is 200 g/mol. The fourth-order valence-corrected chi connectivity index (χ4v) is 1.34. The molecule has 3 nitrogen and oxygen atoms in total. The smallest absolute Gasteiger partial charge is 0.302 e. The average molecular weight is 200 g/mol. The molecule has 3 heteroatoms. The Hall–Kier alpha value is -0.830. The molecule has 0 saturated carbocycles. The summed E-state index contributed by atoms with van der Waals surface area (Å²) in [5, 5.41) is 8.80. The van der Waals surface area contributed by atoms with Crippen LogP contribution in [-0.4, -0.2) is 24.3 Å². The van der Waals surface area contributed by atoms with Gasteiger partial charge in [-0.2, -0.15) is 0 Å². The third-order valence-corrected chi connectivity index (χ3v) is 2.00. The molecule has 0 bridgehead atoms. The molecule has 1 N–H and O–H groups in total. The van der Waals surface area contributed by atoms with E-state index in [1.54, 1.807) is 0 Å². The van der Waals surface area contributed by atoms with Crippen LogP contribution in [0, 0.1) is 11.8 Å². The van der Waals surface area contributed by atoms with Crippen LogP contribution in [0.15, 0.2) is 12.2 Å². The van der Waals surface area contributed by atoms with E-state index in [1.807, 2.05) is 26.0 Å². The van der Waals surface area contributed by atoms with Crippen LogP contribution in [0.1, 0.15) is 27.2 Å². The van der Waals surface area contributed by atoms with Gasteiger partial charge in [0.1, 0.15) is 0 Å². The van der Waals surface area contributed by atoms with Gasteiger partial charge < -0.3 is 9.84 Å². The number of aliphatic hydroxyl groups is 1. The zero-order valence-electron chi connectivity index (χ0n) is 9.19. The lowest BCUT2D eigenvalue weighted by molar-refractivity contribution is -0.141. The normalized spacial score (nSPS) is 24.0. The predicted molar refractivity (Wildman–Crippen MR) is 55.8 cm³/mol. The zero-order valence-corrected chi connectivity index (χ0v) is 9.19. The van der Waals surface area contributed by atoms with E-state index >= 15 is 0 Å². The van der Waals surface area contributed by atoms with Crippen LogP contribution in [-0.2, 0) is 9.53 Å². The first-order valence-corrected chi connectivity index (χ1v) is 5.15. The van der Waals surface area contributed by atoms with Gasteiger partial charge in [0, 0.05) is 25.4 Å². The van der Waals surface area contributed by atoms with Crippen LogP contribution in [0.25, 0.3) is 0 Å². The van der Waals surface area contributed by atoms with E-state index < -0.39 is 0 Å². The Morgan fingerprint density at radius 1 is 1.43 bits per heavy atom. The summed E-state index contributed by atoms with van der Waals surface area (Å²) in [5.74, 6) is 0.312.